The number of hydrogen-bond acceptors (Lipinski definition) is 6. The lowest BCUT2D eigenvalue weighted by Crippen LogP contribution is -2.34. The Hall–Kier alpha value is -3.48. The Bertz CT molecular complexity index is 1130. The molecule has 7 heteroatoms. The van der Waals surface area contributed by atoms with E-state index in [1.165, 1.54) is 0 Å². The Morgan fingerprint density at radius 3 is 2.71 bits per heavy atom. The lowest BCUT2D eigenvalue weighted by molar-refractivity contribution is -0.151. The van der Waals surface area contributed by atoms with Crippen LogP contribution in [-0.4, -0.2) is 36.7 Å². The summed E-state index contributed by atoms with van der Waals surface area (Å²) in [6.45, 7) is 6.68. The maximum Gasteiger partial charge on any atom is 0.310 e. The van der Waals surface area contributed by atoms with Gasteiger partial charge in [0.25, 0.3) is 5.91 Å². The van der Waals surface area contributed by atoms with Crippen molar-refractivity contribution in [2.75, 3.05) is 19.9 Å². The number of amides is 1. The molecular formula is C24H25NO6. The van der Waals surface area contributed by atoms with Gasteiger partial charge in [-0.2, -0.15) is 0 Å². The molecule has 2 aromatic carbocycles. The summed E-state index contributed by atoms with van der Waals surface area (Å²) >= 11 is 0. The van der Waals surface area contributed by atoms with Gasteiger partial charge in [-0.1, -0.05) is 18.2 Å². The fourth-order valence-corrected chi connectivity index (χ4v) is 3.60. The molecule has 162 valence electrons. The van der Waals surface area contributed by atoms with E-state index >= 15 is 0 Å². The lowest BCUT2D eigenvalue weighted by atomic mass is 10.0. The quantitative estimate of drug-likeness (QED) is 0.536. The number of carbonyl (C=O) groups excluding carboxylic acids is 2. The monoisotopic (exact) mass is 423 g/mol. The molecule has 1 aromatic heterocycles. The van der Waals surface area contributed by atoms with Crippen LogP contribution >= 0.6 is 0 Å². The van der Waals surface area contributed by atoms with Crippen molar-refractivity contribution in [2.24, 2.45) is 0 Å². The molecule has 7 nitrogen and oxygen atoms in total. The van der Waals surface area contributed by atoms with E-state index in [0.29, 0.717) is 24.6 Å². The smallest absolute Gasteiger partial charge is 0.310 e. The highest BCUT2D eigenvalue weighted by molar-refractivity contribution is 5.89. The van der Waals surface area contributed by atoms with Crippen molar-refractivity contribution in [1.82, 2.24) is 4.90 Å². The Morgan fingerprint density at radius 2 is 1.90 bits per heavy atom. The van der Waals surface area contributed by atoms with Crippen LogP contribution in [0.25, 0.3) is 11.0 Å². The van der Waals surface area contributed by atoms with E-state index in [9.17, 15) is 9.59 Å². The Morgan fingerprint density at radius 1 is 1.10 bits per heavy atom. The van der Waals surface area contributed by atoms with Gasteiger partial charge in [0.2, 0.25) is 6.79 Å². The first-order chi connectivity index (χ1) is 15.0. The van der Waals surface area contributed by atoms with Crippen LogP contribution in [0.5, 0.6) is 11.5 Å². The molecular weight excluding hydrogens is 398 g/mol. The lowest BCUT2D eigenvalue weighted by Gasteiger charge is -2.21. The van der Waals surface area contributed by atoms with Crippen molar-refractivity contribution in [3.63, 3.8) is 0 Å². The van der Waals surface area contributed by atoms with Gasteiger partial charge in [-0.05, 0) is 49.6 Å². The number of aryl methyl sites for hydroxylation is 2. The average molecular weight is 423 g/mol. The van der Waals surface area contributed by atoms with Gasteiger partial charge in [-0.25, -0.2) is 0 Å². The van der Waals surface area contributed by atoms with Gasteiger partial charge in [0, 0.05) is 24.0 Å². The molecule has 0 bridgehead atoms. The van der Waals surface area contributed by atoms with Gasteiger partial charge in [0.1, 0.15) is 5.58 Å². The first kappa shape index (κ1) is 20.8. The number of likely N-dealkylation sites (N-methyl/N-ethyl adjacent to an activating group) is 1. The van der Waals surface area contributed by atoms with Gasteiger partial charge in [0.05, 0.1) is 12.7 Å². The third-order valence-corrected chi connectivity index (χ3v) is 5.58. The van der Waals surface area contributed by atoms with E-state index in [1.54, 1.807) is 11.2 Å². The molecule has 2 heterocycles. The Labute approximate surface area is 180 Å². The Balaban J connectivity index is 1.34. The number of esters is 1. The molecule has 0 aliphatic carbocycles. The number of nitrogens with zero attached hydrogens (tertiary/aromatic N) is 1. The molecule has 31 heavy (non-hydrogen) atoms. The predicted octanol–water partition coefficient (Wildman–Crippen LogP) is 3.91. The van der Waals surface area contributed by atoms with Crippen molar-refractivity contribution in [1.29, 1.82) is 0 Å². The molecule has 4 rings (SSSR count). The first-order valence-corrected chi connectivity index (χ1v) is 10.2. The predicted molar refractivity (Wildman–Crippen MR) is 114 cm³/mol. The van der Waals surface area contributed by atoms with Gasteiger partial charge in [0.15, 0.2) is 18.1 Å². The number of furan rings is 1. The molecule has 0 spiro atoms. The van der Waals surface area contributed by atoms with Crippen molar-refractivity contribution < 1.29 is 28.2 Å². The minimum atomic E-state index is -0.464. The van der Waals surface area contributed by atoms with Crippen molar-refractivity contribution in [3.8, 4) is 11.5 Å². The number of ether oxygens (including phenoxy) is 3. The summed E-state index contributed by atoms with van der Waals surface area (Å²) in [6, 6.07) is 9.52. The summed E-state index contributed by atoms with van der Waals surface area (Å²) in [4.78, 5) is 26.6. The van der Waals surface area contributed by atoms with E-state index in [4.69, 9.17) is 18.6 Å². The maximum atomic E-state index is 12.6. The molecule has 0 unspecified atom stereocenters. The van der Waals surface area contributed by atoms with Gasteiger partial charge < -0.3 is 23.5 Å². The molecule has 0 saturated heterocycles. The largest absolute Gasteiger partial charge is 0.464 e. The van der Waals surface area contributed by atoms with Gasteiger partial charge in [-0.15, -0.1) is 0 Å². The Kier molecular flexibility index (Phi) is 5.84. The van der Waals surface area contributed by atoms with E-state index < -0.39 is 5.97 Å². The minimum absolute atomic E-state index is 0.0526. The van der Waals surface area contributed by atoms with Crippen LogP contribution in [0.1, 0.15) is 29.2 Å². The molecule has 0 fully saturated rings. The van der Waals surface area contributed by atoms with E-state index in [2.05, 4.69) is 0 Å². The van der Waals surface area contributed by atoms with Crippen LogP contribution in [0.4, 0.5) is 0 Å². The molecule has 0 radical (unpaired) electrons. The van der Waals surface area contributed by atoms with E-state index in [0.717, 1.165) is 33.2 Å². The zero-order chi connectivity index (χ0) is 22.0. The zero-order valence-electron chi connectivity index (χ0n) is 17.9. The second-order valence-electron chi connectivity index (χ2n) is 7.58. The molecule has 1 aliphatic rings. The second-order valence-corrected chi connectivity index (χ2v) is 7.58. The first-order valence-electron chi connectivity index (χ1n) is 10.2. The third-order valence-electron chi connectivity index (χ3n) is 5.58. The maximum absolute atomic E-state index is 12.6. The summed E-state index contributed by atoms with van der Waals surface area (Å²) in [5.74, 6) is 0.653. The van der Waals surface area contributed by atoms with Gasteiger partial charge in [-0.3, -0.25) is 9.59 Å². The fourth-order valence-electron chi connectivity index (χ4n) is 3.60. The minimum Gasteiger partial charge on any atom is -0.464 e. The SMILES string of the molecule is CCN(Cc1ccc2c(c1)OCO2)C(=O)COC(=O)Cc1coc2c(C)c(C)ccc12. The van der Waals surface area contributed by atoms with E-state index in [1.807, 2.05) is 51.1 Å². The summed E-state index contributed by atoms with van der Waals surface area (Å²) in [6.07, 6.45) is 1.63. The van der Waals surface area contributed by atoms with Crippen LogP contribution in [-0.2, 0) is 27.3 Å². The molecule has 1 aliphatic heterocycles. The summed E-state index contributed by atoms with van der Waals surface area (Å²) in [5.41, 5.74) is 4.63. The van der Waals surface area contributed by atoms with Gasteiger partial charge >= 0.3 is 5.97 Å². The number of rotatable bonds is 7. The molecule has 3 aromatic rings. The van der Waals surface area contributed by atoms with Crippen LogP contribution in [0.15, 0.2) is 41.0 Å². The highest BCUT2D eigenvalue weighted by atomic mass is 16.7. The van der Waals surface area contributed by atoms with Crippen molar-refractivity contribution >= 4 is 22.8 Å². The normalized spacial score (nSPS) is 12.2. The standard InChI is InChI=1S/C24H25NO6/c1-4-25(11-17-6-8-20-21(9-17)31-14-30-20)22(26)13-28-23(27)10-18-12-29-24-16(3)15(2)5-7-19(18)24/h5-9,12H,4,10-11,13-14H2,1-3H3. The zero-order valence-corrected chi connectivity index (χ0v) is 17.9. The summed E-state index contributed by atoms with van der Waals surface area (Å²) in [5, 5.41) is 0.893. The van der Waals surface area contributed by atoms with E-state index in [-0.39, 0.29) is 25.7 Å². The number of carbonyl (C=O) groups is 2. The number of hydrogen-bond donors (Lipinski definition) is 0. The summed E-state index contributed by atoms with van der Waals surface area (Å²) < 4.78 is 21.6. The van der Waals surface area contributed by atoms with Crippen LogP contribution < -0.4 is 9.47 Å². The number of fused-ring (bicyclic) bond motifs is 2. The average Bonchev–Trinajstić information content (AvgIpc) is 3.39. The highest BCUT2D eigenvalue weighted by Crippen LogP contribution is 2.33. The highest BCUT2D eigenvalue weighted by Gasteiger charge is 2.19. The van der Waals surface area contributed by atoms with Crippen LogP contribution in [0.3, 0.4) is 0 Å². The molecule has 1 amide bonds. The fraction of sp³-hybridized carbons (Fsp3) is 0.333. The topological polar surface area (TPSA) is 78.2 Å². The third kappa shape index (κ3) is 4.35. The van der Waals surface area contributed by atoms with Crippen LogP contribution in [0.2, 0.25) is 0 Å². The van der Waals surface area contributed by atoms with Crippen LogP contribution in [0, 0.1) is 13.8 Å². The number of benzene rings is 2. The molecule has 0 saturated carbocycles. The van der Waals surface area contributed by atoms with Crippen molar-refractivity contribution in [3.05, 3.63) is 58.8 Å². The molecule has 0 atom stereocenters. The second kappa shape index (κ2) is 8.71. The molecule has 0 N–H and O–H groups in total. The summed E-state index contributed by atoms with van der Waals surface area (Å²) in [7, 11) is 0. The van der Waals surface area contributed by atoms with Crippen molar-refractivity contribution in [2.45, 2.75) is 33.7 Å².